The van der Waals surface area contributed by atoms with Crippen LogP contribution in [-0.4, -0.2) is 13.2 Å². The molecular formula is C15H19Cl2F2NO. The summed E-state index contributed by atoms with van der Waals surface area (Å²) >= 11 is 11.9. The van der Waals surface area contributed by atoms with Crippen LogP contribution >= 0.6 is 23.2 Å². The molecule has 118 valence electrons. The van der Waals surface area contributed by atoms with Crippen molar-refractivity contribution in [1.29, 1.82) is 0 Å². The van der Waals surface area contributed by atoms with Crippen molar-refractivity contribution in [1.82, 2.24) is 0 Å². The predicted molar refractivity (Wildman–Crippen MR) is 82.7 cm³/mol. The zero-order valence-corrected chi connectivity index (χ0v) is 13.4. The molecule has 0 bridgehead atoms. The van der Waals surface area contributed by atoms with E-state index in [1.54, 1.807) is 12.1 Å². The van der Waals surface area contributed by atoms with Crippen molar-refractivity contribution >= 4 is 28.9 Å². The minimum atomic E-state index is -2.94. The maximum Gasteiger partial charge on any atom is 0.387 e. The molecule has 2 unspecified atom stereocenters. The van der Waals surface area contributed by atoms with Gasteiger partial charge in [0.2, 0.25) is 0 Å². The lowest BCUT2D eigenvalue weighted by Crippen LogP contribution is -2.21. The standard InChI is InChI=1S/C15H19Cl2F2NO/c1-9-3-2-4-10(5-9)8-20-11-6-12(16)14(13(17)7-11)21-15(18)19/h6-7,9-10,15,20H,2-5,8H2,1H3. The zero-order valence-electron chi connectivity index (χ0n) is 11.8. The summed E-state index contributed by atoms with van der Waals surface area (Å²) in [6.45, 7) is 0.171. The molecule has 0 aliphatic heterocycles. The van der Waals surface area contributed by atoms with E-state index in [4.69, 9.17) is 23.2 Å². The van der Waals surface area contributed by atoms with E-state index in [1.807, 2.05) is 0 Å². The molecule has 1 fully saturated rings. The van der Waals surface area contributed by atoms with Crippen LogP contribution in [0.15, 0.2) is 12.1 Å². The monoisotopic (exact) mass is 337 g/mol. The largest absolute Gasteiger partial charge is 0.432 e. The highest BCUT2D eigenvalue weighted by Crippen LogP contribution is 2.37. The van der Waals surface area contributed by atoms with Gasteiger partial charge in [0, 0.05) is 12.2 Å². The average Bonchev–Trinajstić information content (AvgIpc) is 2.40. The lowest BCUT2D eigenvalue weighted by Gasteiger charge is -2.27. The Morgan fingerprint density at radius 1 is 1.29 bits per heavy atom. The number of rotatable bonds is 5. The number of hydrogen-bond donors (Lipinski definition) is 1. The van der Waals surface area contributed by atoms with Gasteiger partial charge in [-0.25, -0.2) is 0 Å². The Bertz CT molecular complexity index is 462. The molecule has 1 aliphatic rings. The van der Waals surface area contributed by atoms with Crippen molar-refractivity contribution in [2.24, 2.45) is 11.8 Å². The van der Waals surface area contributed by atoms with Gasteiger partial charge in [-0.05, 0) is 36.8 Å². The highest BCUT2D eigenvalue weighted by atomic mass is 35.5. The number of nitrogens with one attached hydrogen (secondary N) is 1. The molecule has 2 rings (SSSR count). The van der Waals surface area contributed by atoms with Crippen molar-refractivity contribution in [3.05, 3.63) is 22.2 Å². The minimum absolute atomic E-state index is 0.0855. The van der Waals surface area contributed by atoms with Crippen molar-refractivity contribution in [2.75, 3.05) is 11.9 Å². The summed E-state index contributed by atoms with van der Waals surface area (Å²) < 4.78 is 28.8. The van der Waals surface area contributed by atoms with E-state index in [2.05, 4.69) is 17.0 Å². The van der Waals surface area contributed by atoms with Crippen LogP contribution in [0.4, 0.5) is 14.5 Å². The van der Waals surface area contributed by atoms with E-state index in [1.165, 1.54) is 25.7 Å². The molecule has 0 aromatic heterocycles. The molecule has 1 saturated carbocycles. The van der Waals surface area contributed by atoms with Gasteiger partial charge in [0.15, 0.2) is 5.75 Å². The van der Waals surface area contributed by atoms with Crippen LogP contribution in [0.5, 0.6) is 5.75 Å². The van der Waals surface area contributed by atoms with Crippen LogP contribution in [0.3, 0.4) is 0 Å². The second kappa shape index (κ2) is 7.50. The third-order valence-corrected chi connectivity index (χ3v) is 4.41. The quantitative estimate of drug-likeness (QED) is 0.729. The predicted octanol–water partition coefficient (Wildman–Crippen LogP) is 5.83. The minimum Gasteiger partial charge on any atom is -0.432 e. The van der Waals surface area contributed by atoms with Gasteiger partial charge in [0.25, 0.3) is 0 Å². The molecule has 0 heterocycles. The van der Waals surface area contributed by atoms with E-state index in [-0.39, 0.29) is 15.8 Å². The van der Waals surface area contributed by atoms with Gasteiger partial charge in [-0.1, -0.05) is 43.0 Å². The normalized spacial score (nSPS) is 22.4. The molecule has 0 radical (unpaired) electrons. The Morgan fingerprint density at radius 2 is 1.95 bits per heavy atom. The van der Waals surface area contributed by atoms with Crippen LogP contribution in [0.25, 0.3) is 0 Å². The van der Waals surface area contributed by atoms with Crippen LogP contribution in [0, 0.1) is 11.8 Å². The van der Waals surface area contributed by atoms with Crippen molar-refractivity contribution in [2.45, 2.75) is 39.2 Å². The van der Waals surface area contributed by atoms with Gasteiger partial charge in [-0.3, -0.25) is 0 Å². The highest BCUT2D eigenvalue weighted by molar-refractivity contribution is 6.37. The smallest absolute Gasteiger partial charge is 0.387 e. The molecule has 2 atom stereocenters. The fourth-order valence-electron chi connectivity index (χ4n) is 2.87. The Balaban J connectivity index is 1.97. The third kappa shape index (κ3) is 4.89. The van der Waals surface area contributed by atoms with Crippen molar-refractivity contribution < 1.29 is 13.5 Å². The number of anilines is 1. The topological polar surface area (TPSA) is 21.3 Å². The molecule has 0 saturated heterocycles. The van der Waals surface area contributed by atoms with Crippen LogP contribution in [0.1, 0.15) is 32.6 Å². The number of benzene rings is 1. The SMILES string of the molecule is CC1CCCC(CNc2cc(Cl)c(OC(F)F)c(Cl)c2)C1. The molecule has 21 heavy (non-hydrogen) atoms. The first-order valence-corrected chi connectivity index (χ1v) is 7.89. The van der Waals surface area contributed by atoms with E-state index < -0.39 is 6.61 Å². The van der Waals surface area contributed by atoms with Gasteiger partial charge in [0.1, 0.15) is 0 Å². The molecule has 0 spiro atoms. The van der Waals surface area contributed by atoms with Gasteiger partial charge >= 0.3 is 6.61 Å². The second-order valence-corrected chi connectivity index (χ2v) is 6.48. The zero-order chi connectivity index (χ0) is 15.4. The number of hydrogen-bond acceptors (Lipinski definition) is 2. The molecular weight excluding hydrogens is 319 g/mol. The first-order chi connectivity index (χ1) is 9.95. The van der Waals surface area contributed by atoms with Crippen LogP contribution in [-0.2, 0) is 0 Å². The summed E-state index contributed by atoms with van der Waals surface area (Å²) in [7, 11) is 0. The lowest BCUT2D eigenvalue weighted by atomic mass is 9.82. The maximum absolute atomic E-state index is 12.3. The number of alkyl halides is 2. The summed E-state index contributed by atoms with van der Waals surface area (Å²) in [5.41, 5.74) is 0.727. The molecule has 0 amide bonds. The second-order valence-electron chi connectivity index (χ2n) is 5.67. The molecule has 2 nitrogen and oxygen atoms in total. The fraction of sp³-hybridized carbons (Fsp3) is 0.600. The first kappa shape index (κ1) is 16.6. The summed E-state index contributed by atoms with van der Waals surface area (Å²) in [6, 6.07) is 3.13. The Kier molecular flexibility index (Phi) is 5.94. The summed E-state index contributed by atoms with van der Waals surface area (Å²) in [6.07, 6.45) is 4.98. The molecule has 1 aromatic carbocycles. The molecule has 1 aliphatic carbocycles. The summed E-state index contributed by atoms with van der Waals surface area (Å²) in [5, 5.41) is 3.46. The molecule has 1 aromatic rings. The van der Waals surface area contributed by atoms with Gasteiger partial charge in [-0.2, -0.15) is 8.78 Å². The third-order valence-electron chi connectivity index (χ3n) is 3.85. The fourth-order valence-corrected chi connectivity index (χ4v) is 3.45. The highest BCUT2D eigenvalue weighted by Gasteiger charge is 2.19. The number of halogens is 4. The van der Waals surface area contributed by atoms with Crippen molar-refractivity contribution in [3.8, 4) is 5.75 Å². The van der Waals surface area contributed by atoms with Gasteiger partial charge in [0.05, 0.1) is 10.0 Å². The Hall–Kier alpha value is -0.740. The average molecular weight is 338 g/mol. The van der Waals surface area contributed by atoms with E-state index in [9.17, 15) is 8.78 Å². The van der Waals surface area contributed by atoms with Crippen molar-refractivity contribution in [3.63, 3.8) is 0 Å². The Labute approximate surface area is 133 Å². The van der Waals surface area contributed by atoms with Gasteiger partial charge < -0.3 is 10.1 Å². The van der Waals surface area contributed by atoms with E-state index >= 15 is 0 Å². The van der Waals surface area contributed by atoms with Gasteiger partial charge in [-0.15, -0.1) is 0 Å². The molecule has 1 N–H and O–H groups in total. The Morgan fingerprint density at radius 3 is 2.52 bits per heavy atom. The van der Waals surface area contributed by atoms with E-state index in [0.29, 0.717) is 5.92 Å². The van der Waals surface area contributed by atoms with Crippen LogP contribution < -0.4 is 10.1 Å². The lowest BCUT2D eigenvalue weighted by molar-refractivity contribution is -0.0497. The van der Waals surface area contributed by atoms with Crippen LogP contribution in [0.2, 0.25) is 10.0 Å². The van der Waals surface area contributed by atoms with E-state index in [0.717, 1.165) is 18.2 Å². The maximum atomic E-state index is 12.3. The first-order valence-electron chi connectivity index (χ1n) is 7.13. The number of ether oxygens (including phenoxy) is 1. The molecule has 6 heteroatoms. The summed E-state index contributed by atoms with van der Waals surface area (Å²) in [4.78, 5) is 0. The summed E-state index contributed by atoms with van der Waals surface area (Å²) in [5.74, 6) is 1.22.